The maximum Gasteiger partial charge on any atom is 0.0886 e. The summed E-state index contributed by atoms with van der Waals surface area (Å²) < 4.78 is 0. The number of hydrogen-bond donors (Lipinski definition) is 0. The molecular weight excluding hydrogens is 224 g/mol. The van der Waals surface area contributed by atoms with Gasteiger partial charge in [0.2, 0.25) is 0 Å². The maximum absolute atomic E-state index is 4.31. The van der Waals surface area contributed by atoms with Crippen LogP contribution in [0.1, 0.15) is 48.5 Å². The van der Waals surface area contributed by atoms with Crippen LogP contribution in [0.2, 0.25) is 0 Å². The number of hydrogen-bond acceptors (Lipinski definition) is 2. The molecule has 0 aromatic carbocycles. The average Bonchev–Trinajstić information content (AvgIpc) is 2.17. The van der Waals surface area contributed by atoms with E-state index in [1.807, 2.05) is 0 Å². The van der Waals surface area contributed by atoms with Crippen LogP contribution in [0.3, 0.4) is 0 Å². The summed E-state index contributed by atoms with van der Waals surface area (Å²) in [7, 11) is 1.05. The van der Waals surface area contributed by atoms with Gasteiger partial charge in [0, 0.05) is 22.3 Å². The lowest BCUT2D eigenvalue weighted by Crippen LogP contribution is -2.63. The lowest BCUT2D eigenvalue weighted by Gasteiger charge is -2.52. The first-order chi connectivity index (χ1) is 7.73. The molecule has 17 heavy (non-hydrogen) atoms. The highest BCUT2D eigenvalue weighted by atomic mass is 28.1. The van der Waals surface area contributed by atoms with Crippen molar-refractivity contribution in [2.75, 3.05) is 13.1 Å². The molecule has 0 unspecified atom stereocenters. The average molecular weight is 257 g/mol. The molecule has 3 heteroatoms. The van der Waals surface area contributed by atoms with E-state index in [1.165, 1.54) is 5.20 Å². The van der Waals surface area contributed by atoms with Crippen LogP contribution in [0.5, 0.6) is 0 Å². The van der Waals surface area contributed by atoms with Gasteiger partial charge >= 0.3 is 0 Å². The zero-order valence-electron chi connectivity index (χ0n) is 13.2. The Balaban J connectivity index is 5.48. The Morgan fingerprint density at radius 2 is 1.35 bits per heavy atom. The highest BCUT2D eigenvalue weighted by Gasteiger charge is 2.39. The topological polar surface area (TPSA) is 6.48 Å². The number of rotatable bonds is 7. The van der Waals surface area contributed by atoms with E-state index in [1.54, 1.807) is 0 Å². The Morgan fingerprint density at radius 1 is 1.06 bits per heavy atom. The predicted octanol–water partition coefficient (Wildman–Crippen LogP) is 2.04. The third kappa shape index (κ3) is 3.43. The van der Waals surface area contributed by atoms with Gasteiger partial charge in [0.1, 0.15) is 0 Å². The van der Waals surface area contributed by atoms with Gasteiger partial charge in [0.05, 0.1) is 5.66 Å². The van der Waals surface area contributed by atoms with Gasteiger partial charge in [-0.3, -0.25) is 9.80 Å². The molecule has 0 heterocycles. The summed E-state index contributed by atoms with van der Waals surface area (Å²) in [6, 6.07) is 1.09. The van der Waals surface area contributed by atoms with Crippen LogP contribution in [0.15, 0.2) is 11.8 Å². The van der Waals surface area contributed by atoms with Crippen LogP contribution in [0.4, 0.5) is 0 Å². The van der Waals surface area contributed by atoms with Crippen molar-refractivity contribution in [2.45, 2.75) is 66.2 Å². The minimum absolute atomic E-state index is 0.0120. The van der Waals surface area contributed by atoms with Crippen LogP contribution < -0.4 is 0 Å². The van der Waals surface area contributed by atoms with E-state index in [9.17, 15) is 0 Å². The van der Waals surface area contributed by atoms with Crippen LogP contribution in [0, 0.1) is 0 Å². The minimum Gasteiger partial charge on any atom is -0.280 e. The third-order valence-corrected chi connectivity index (χ3v) is 4.80. The Kier molecular flexibility index (Phi) is 6.67. The third-order valence-electron chi connectivity index (χ3n) is 3.86. The number of nitrogens with zero attached hydrogens (tertiary/aromatic N) is 2. The van der Waals surface area contributed by atoms with Gasteiger partial charge in [-0.25, -0.2) is 0 Å². The first kappa shape index (κ1) is 16.9. The van der Waals surface area contributed by atoms with E-state index in [-0.39, 0.29) is 5.66 Å². The Labute approximate surface area is 111 Å². The van der Waals surface area contributed by atoms with Crippen molar-refractivity contribution >= 4 is 10.2 Å². The fraction of sp³-hybridized carbons (Fsp3) is 0.857. The van der Waals surface area contributed by atoms with E-state index >= 15 is 0 Å². The van der Waals surface area contributed by atoms with Gasteiger partial charge in [-0.2, -0.15) is 0 Å². The molecule has 102 valence electrons. The largest absolute Gasteiger partial charge is 0.280 e. The van der Waals surface area contributed by atoms with Gasteiger partial charge in [0.25, 0.3) is 0 Å². The second-order valence-corrected chi connectivity index (χ2v) is 6.77. The molecule has 0 bridgehead atoms. The Morgan fingerprint density at radius 3 is 1.47 bits per heavy atom. The van der Waals surface area contributed by atoms with E-state index in [2.05, 4.69) is 64.8 Å². The molecule has 0 saturated carbocycles. The summed E-state index contributed by atoms with van der Waals surface area (Å²) in [5, 5.41) is 1.36. The van der Waals surface area contributed by atoms with Crippen LogP contribution >= 0.6 is 0 Å². The maximum atomic E-state index is 4.31. The molecule has 0 N–H and O–H groups in total. The molecule has 0 spiro atoms. The first-order valence-electron chi connectivity index (χ1n) is 6.92. The minimum atomic E-state index is 0.0120. The van der Waals surface area contributed by atoms with Gasteiger partial charge in [-0.15, -0.1) is 6.58 Å². The quantitative estimate of drug-likeness (QED) is 0.508. The van der Waals surface area contributed by atoms with E-state index in [0.29, 0.717) is 12.1 Å². The molecule has 0 amide bonds. The molecule has 0 atom stereocenters. The fourth-order valence-electron chi connectivity index (χ4n) is 3.01. The Hall–Kier alpha value is -0.123. The predicted molar refractivity (Wildman–Crippen MR) is 82.5 cm³/mol. The van der Waals surface area contributed by atoms with Crippen LogP contribution in [-0.4, -0.2) is 50.9 Å². The molecule has 0 rings (SSSR count). The molecule has 0 aliphatic rings. The van der Waals surface area contributed by atoms with Crippen molar-refractivity contribution in [2.24, 2.45) is 0 Å². The second kappa shape index (κ2) is 6.71. The van der Waals surface area contributed by atoms with Crippen molar-refractivity contribution in [1.82, 2.24) is 9.80 Å². The van der Waals surface area contributed by atoms with Gasteiger partial charge in [-0.1, -0.05) is 19.0 Å². The molecule has 0 aromatic heterocycles. The summed E-state index contributed by atoms with van der Waals surface area (Å²) in [6.45, 7) is 22.4. The molecule has 0 saturated heterocycles. The van der Waals surface area contributed by atoms with Crippen molar-refractivity contribution < 1.29 is 0 Å². The standard InChI is InChI=1S/C14H32N2Si/c1-9-15(11(3)4)14(8,13(7)17)16(10-2)12(5)6/h11-12H,7,9-10H2,1-6,8,17H3. The van der Waals surface area contributed by atoms with Gasteiger partial charge in [0.15, 0.2) is 0 Å². The highest BCUT2D eigenvalue weighted by molar-refractivity contribution is 6.22. The summed E-state index contributed by atoms with van der Waals surface area (Å²) >= 11 is 0. The fourth-order valence-corrected chi connectivity index (χ4v) is 3.58. The summed E-state index contributed by atoms with van der Waals surface area (Å²) in [5.41, 5.74) is 0.0120. The van der Waals surface area contributed by atoms with E-state index in [4.69, 9.17) is 0 Å². The number of likely N-dealkylation sites (N-methyl/N-ethyl adjacent to an activating group) is 2. The first-order valence-corrected chi connectivity index (χ1v) is 7.92. The second-order valence-electron chi connectivity index (χ2n) is 5.56. The lowest BCUT2D eigenvalue weighted by atomic mass is 10.0. The molecule has 0 radical (unpaired) electrons. The van der Waals surface area contributed by atoms with Crippen molar-refractivity contribution in [3.8, 4) is 0 Å². The summed E-state index contributed by atoms with van der Waals surface area (Å²) in [4.78, 5) is 5.12. The van der Waals surface area contributed by atoms with E-state index < -0.39 is 0 Å². The monoisotopic (exact) mass is 256 g/mol. The van der Waals surface area contributed by atoms with Gasteiger partial charge in [-0.05, 0) is 47.7 Å². The van der Waals surface area contributed by atoms with Crippen LogP contribution in [-0.2, 0) is 0 Å². The summed E-state index contributed by atoms with van der Waals surface area (Å²) in [5.74, 6) is 0. The molecular formula is C14H32N2Si. The highest BCUT2D eigenvalue weighted by Crippen LogP contribution is 2.29. The molecule has 0 aromatic rings. The molecule has 0 aliphatic carbocycles. The van der Waals surface area contributed by atoms with Gasteiger partial charge < -0.3 is 0 Å². The van der Waals surface area contributed by atoms with E-state index in [0.717, 1.165) is 23.3 Å². The lowest BCUT2D eigenvalue weighted by molar-refractivity contribution is -0.0423. The molecule has 0 aliphatic heterocycles. The zero-order chi connectivity index (χ0) is 13.8. The molecule has 2 nitrogen and oxygen atoms in total. The summed E-state index contributed by atoms with van der Waals surface area (Å²) in [6.07, 6.45) is 0. The Bertz CT molecular complexity index is 233. The van der Waals surface area contributed by atoms with Crippen LogP contribution in [0.25, 0.3) is 0 Å². The normalized spacial score (nSPS) is 13.4. The zero-order valence-corrected chi connectivity index (χ0v) is 15.2. The van der Waals surface area contributed by atoms with Crippen molar-refractivity contribution in [3.63, 3.8) is 0 Å². The van der Waals surface area contributed by atoms with Crippen molar-refractivity contribution in [3.05, 3.63) is 11.8 Å². The molecule has 0 fully saturated rings. The SMILES string of the molecule is C=C([SiH3])C(C)(N(CC)C(C)C)N(CC)C(C)C. The smallest absolute Gasteiger partial charge is 0.0886 e. The van der Waals surface area contributed by atoms with Crippen molar-refractivity contribution in [1.29, 1.82) is 0 Å².